The van der Waals surface area contributed by atoms with Crippen LogP contribution in [-0.2, 0) is 38.1 Å². The third kappa shape index (κ3) is 22.5. The number of halogens is 1. The molecule has 19 heteroatoms. The van der Waals surface area contributed by atoms with Gasteiger partial charge in [-0.2, -0.15) is 0 Å². The molecule has 0 bridgehead atoms. The Labute approximate surface area is 399 Å². The van der Waals surface area contributed by atoms with Gasteiger partial charge in [0, 0.05) is 50.4 Å². The number of methoxy groups -OCH3 is 1. The summed E-state index contributed by atoms with van der Waals surface area (Å²) >= 11 is 0. The van der Waals surface area contributed by atoms with Crippen LogP contribution < -0.4 is 18.1 Å². The van der Waals surface area contributed by atoms with Gasteiger partial charge in [-0.1, -0.05) is 98.9 Å². The van der Waals surface area contributed by atoms with E-state index >= 15 is 0 Å². The number of cyclic esters (lactones) is 1. The molecule has 0 aromatic heterocycles. The lowest BCUT2D eigenvalue weighted by Gasteiger charge is -2.39. The molecule has 1 saturated heterocycles. The van der Waals surface area contributed by atoms with Crippen LogP contribution in [0.2, 0.25) is 0 Å². The molecule has 67 heavy (non-hydrogen) atoms. The van der Waals surface area contributed by atoms with E-state index in [0.29, 0.717) is 0 Å². The summed E-state index contributed by atoms with van der Waals surface area (Å²) in [7, 11) is 1.02. The van der Waals surface area contributed by atoms with Crippen molar-refractivity contribution in [2.75, 3.05) is 7.11 Å². The van der Waals surface area contributed by atoms with Crippen molar-refractivity contribution in [3.05, 3.63) is 85.1 Å². The van der Waals surface area contributed by atoms with E-state index in [0.717, 1.165) is 7.11 Å². The Morgan fingerprint density at radius 1 is 0.612 bits per heavy atom. The summed E-state index contributed by atoms with van der Waals surface area (Å²) in [6.07, 6.45) is 3.85. The Balaban J connectivity index is 0.0000224. The van der Waals surface area contributed by atoms with Crippen molar-refractivity contribution in [3.63, 3.8) is 0 Å². The van der Waals surface area contributed by atoms with E-state index in [1.807, 2.05) is 13.0 Å². The molecule has 2 aliphatic rings. The summed E-state index contributed by atoms with van der Waals surface area (Å²) in [6.45, 7) is 6.74. The molecular weight excluding hydrogens is 898 g/mol. The molecule has 15 unspecified atom stereocenters. The van der Waals surface area contributed by atoms with Crippen molar-refractivity contribution in [2.45, 2.75) is 165 Å². The predicted molar refractivity (Wildman–Crippen MR) is 240 cm³/mol. The van der Waals surface area contributed by atoms with Crippen molar-refractivity contribution in [1.29, 1.82) is 0 Å². The lowest BCUT2D eigenvalue weighted by Crippen LogP contribution is -3.00. The van der Waals surface area contributed by atoms with Gasteiger partial charge in [0.2, 0.25) is 0 Å². The number of rotatable bonds is 3. The molecule has 1 fully saturated rings. The second-order valence-corrected chi connectivity index (χ2v) is 17.2. The monoisotopic (exact) mass is 971 g/mol. The third-order valence-corrected chi connectivity index (χ3v) is 11.6. The van der Waals surface area contributed by atoms with Crippen LogP contribution in [0.25, 0.3) is 0 Å². The van der Waals surface area contributed by atoms with Crippen molar-refractivity contribution in [2.24, 2.45) is 17.8 Å². The zero-order chi connectivity index (χ0) is 49.5. The fourth-order valence-electron chi connectivity index (χ4n) is 7.33. The summed E-state index contributed by atoms with van der Waals surface area (Å²) in [5, 5.41) is 96.4. The topological polar surface area (TPSA) is 315 Å². The second-order valence-electron chi connectivity index (χ2n) is 17.2. The predicted octanol–water partition coefficient (Wildman–Crippen LogP) is -2.86. The van der Waals surface area contributed by atoms with Gasteiger partial charge in [-0.25, -0.2) is 0 Å². The van der Waals surface area contributed by atoms with Crippen LogP contribution in [-0.4, -0.2) is 162 Å². The van der Waals surface area contributed by atoms with Crippen LogP contribution in [0.15, 0.2) is 85.1 Å². The maximum absolute atomic E-state index is 13.0. The van der Waals surface area contributed by atoms with E-state index in [9.17, 15) is 65.1 Å². The quantitative estimate of drug-likeness (QED) is 0.127. The van der Waals surface area contributed by atoms with Gasteiger partial charge >= 0.3 is 11.9 Å². The number of carbonyl (C=O) groups excluding carboxylic acids is 4. The van der Waals surface area contributed by atoms with Gasteiger partial charge in [0.15, 0.2) is 12.4 Å². The largest absolute Gasteiger partial charge is 1.00 e. The molecule has 2 heterocycles. The fraction of sp³-hybridized carbons (Fsp3) is 0.625. The highest BCUT2D eigenvalue weighted by atomic mass is 35.5. The molecule has 0 saturated carbocycles. The van der Waals surface area contributed by atoms with Crippen LogP contribution in [0.1, 0.15) is 79.1 Å². The van der Waals surface area contributed by atoms with E-state index in [2.05, 4.69) is 5.73 Å². The number of carbonyl (C=O) groups is 4. The molecular formula is C48H74ClNO17. The van der Waals surface area contributed by atoms with Crippen LogP contribution in [0, 0.1) is 17.8 Å². The Kier molecular flexibility index (Phi) is 29.4. The van der Waals surface area contributed by atoms with Gasteiger partial charge < -0.3 is 83.0 Å². The van der Waals surface area contributed by atoms with Crippen molar-refractivity contribution in [3.8, 4) is 0 Å². The standard InChI is InChI=1S/C48H73NO17.ClH/c1-28-18-16-14-12-10-8-6-7-9-11-13-15-17-19-36(66-48-46(61)43(49)45(60)31(4)65-48)27-40(57)42(47(62)63-5)39(56)25-35(53)24-38(55)37(54)21-20-32(50)22-33(51)23-34(52)26-41(58)64-30(3)29(2)44(28)59;/h6-19,28-31,33-34,36-40,42-46,48,51-52,54-57,59-61H,20-27,49H2,1-5H3;1H/b7-6+,10-8+,11-9+,14-12+,15-13+,18-16+,19-17+;/t28?,29?,30?,31?,33?,34?,36?,37?,38?,39?,40?,42?,43?,44?,45-,46?,48-;/m0./s1. The summed E-state index contributed by atoms with van der Waals surface area (Å²) in [4.78, 5) is 51.1. The zero-order valence-electron chi connectivity index (χ0n) is 38.9. The van der Waals surface area contributed by atoms with E-state index in [4.69, 9.17) is 18.9 Å². The van der Waals surface area contributed by atoms with Crippen molar-refractivity contribution < 1.29 is 102 Å². The fourth-order valence-corrected chi connectivity index (χ4v) is 7.33. The number of ether oxygens (including phenoxy) is 4. The average Bonchev–Trinajstić information content (AvgIpc) is 3.25. The smallest absolute Gasteiger partial charge is 0.313 e. The minimum atomic E-state index is -1.83. The number of allylic oxidation sites excluding steroid dienone is 12. The minimum Gasteiger partial charge on any atom is -1.00 e. The Morgan fingerprint density at radius 2 is 1.13 bits per heavy atom. The third-order valence-electron chi connectivity index (χ3n) is 11.6. The van der Waals surface area contributed by atoms with Crippen molar-refractivity contribution >= 4 is 23.5 Å². The van der Waals surface area contributed by atoms with Crippen LogP contribution in [0.5, 0.6) is 0 Å². The first-order chi connectivity index (χ1) is 31.2. The molecule has 0 radical (unpaired) electrons. The highest BCUT2D eigenvalue weighted by Gasteiger charge is 2.45. The maximum Gasteiger partial charge on any atom is 0.313 e. The number of ketones is 2. The molecule has 17 atom stereocenters. The summed E-state index contributed by atoms with van der Waals surface area (Å²) in [5.41, 5.74) is 3.80. The first-order valence-electron chi connectivity index (χ1n) is 22.4. The molecule has 0 spiro atoms. The first kappa shape index (κ1) is 61.3. The molecule has 0 aliphatic carbocycles. The Bertz CT molecular complexity index is 1720. The van der Waals surface area contributed by atoms with Crippen LogP contribution in [0.3, 0.4) is 0 Å². The lowest BCUT2D eigenvalue weighted by molar-refractivity contribution is -0.488. The molecule has 2 aliphatic heterocycles. The van der Waals surface area contributed by atoms with Gasteiger partial charge in [0.25, 0.3) is 0 Å². The van der Waals surface area contributed by atoms with E-state index in [1.54, 1.807) is 93.7 Å². The minimum absolute atomic E-state index is 0. The lowest BCUT2D eigenvalue weighted by atomic mass is 9.88. The summed E-state index contributed by atoms with van der Waals surface area (Å²) in [5.74, 6) is -5.63. The number of Topliss-reactive ketones (excluding diaryl/α,β-unsaturated/α-hetero) is 2. The molecule has 380 valence electrons. The Morgan fingerprint density at radius 3 is 1.70 bits per heavy atom. The van der Waals surface area contributed by atoms with Gasteiger partial charge in [-0.05, 0) is 20.3 Å². The summed E-state index contributed by atoms with van der Waals surface area (Å²) in [6, 6.07) is -0.892. The number of aliphatic hydroxyl groups excluding tert-OH is 9. The molecule has 0 amide bonds. The molecule has 12 N–H and O–H groups in total. The van der Waals surface area contributed by atoms with Gasteiger partial charge in [-0.15, -0.1) is 0 Å². The van der Waals surface area contributed by atoms with Gasteiger partial charge in [0.1, 0.15) is 35.7 Å². The highest BCUT2D eigenvalue weighted by Crippen LogP contribution is 2.26. The SMILES string of the molecule is COC(=O)C1C(O)CC(=O)CC(O)C(O)CCC(=O)CC(O)CC(O)CC(=O)OC(C)C(C)C(O)C(C)/C=C/C=C/C=C/C=C/C=C/C=C/C=C/C(O[C@@H]2OC(C)[C@H](O)C([NH3+])C2O)CC1O.[Cl-]. The number of hydrogen-bond donors (Lipinski definition) is 10. The van der Waals surface area contributed by atoms with E-state index in [-0.39, 0.29) is 44.0 Å². The zero-order valence-corrected chi connectivity index (χ0v) is 39.7. The number of quaternary nitrogens is 1. The van der Waals surface area contributed by atoms with Gasteiger partial charge in [-0.3, -0.25) is 19.2 Å². The van der Waals surface area contributed by atoms with Crippen LogP contribution >= 0.6 is 0 Å². The molecule has 0 aromatic rings. The molecule has 0 aromatic carbocycles. The number of esters is 2. The number of aliphatic hydroxyl groups is 9. The summed E-state index contributed by atoms with van der Waals surface area (Å²) < 4.78 is 22.0. The van der Waals surface area contributed by atoms with Crippen molar-refractivity contribution in [1.82, 2.24) is 0 Å². The first-order valence-corrected chi connectivity index (χ1v) is 22.4. The van der Waals surface area contributed by atoms with Crippen LogP contribution in [0.4, 0.5) is 0 Å². The molecule has 18 nitrogen and oxygen atoms in total. The highest BCUT2D eigenvalue weighted by molar-refractivity contribution is 5.81. The normalized spacial score (nSPS) is 40.5. The maximum atomic E-state index is 13.0. The molecule has 2 rings (SSSR count). The van der Waals surface area contributed by atoms with E-state index in [1.165, 1.54) is 6.08 Å². The van der Waals surface area contributed by atoms with Gasteiger partial charge in [0.05, 0.1) is 68.5 Å². The Hall–Kier alpha value is -3.73. The number of hydrogen-bond acceptors (Lipinski definition) is 17. The second kappa shape index (κ2) is 32.2. The average molecular weight is 973 g/mol. The van der Waals surface area contributed by atoms with E-state index < -0.39 is 147 Å².